The number of nitrogens with zero attached hydrogens (tertiary/aromatic N) is 4. The molecule has 0 radical (unpaired) electrons. The van der Waals surface area contributed by atoms with E-state index in [1.54, 1.807) is 69.6 Å². The number of methoxy groups -OCH3 is 2. The van der Waals surface area contributed by atoms with E-state index in [1.165, 1.54) is 9.80 Å². The van der Waals surface area contributed by atoms with Gasteiger partial charge in [0, 0.05) is 47.6 Å². The highest BCUT2D eigenvalue weighted by molar-refractivity contribution is 7.92. The summed E-state index contributed by atoms with van der Waals surface area (Å²) >= 11 is 0. The van der Waals surface area contributed by atoms with Gasteiger partial charge < -0.3 is 57.2 Å². The molecule has 14 atom stereocenters. The summed E-state index contributed by atoms with van der Waals surface area (Å²) in [5.74, 6) is -2.06. The Kier molecular flexibility index (Phi) is 26.1. The van der Waals surface area contributed by atoms with Gasteiger partial charge in [-0.3, -0.25) is 47.8 Å². The zero-order valence-corrected chi connectivity index (χ0v) is 77.5. The second kappa shape index (κ2) is 36.2. The number of nitrogens with one attached hydrogen (secondary N) is 2. The maximum atomic E-state index is 15.2. The smallest absolute Gasteiger partial charge is 0.307 e. The van der Waals surface area contributed by atoms with Crippen molar-refractivity contribution in [1.82, 2.24) is 29.2 Å². The van der Waals surface area contributed by atoms with Crippen molar-refractivity contribution in [2.45, 2.75) is 244 Å². The Bertz CT molecular complexity index is 5290. The molecule has 688 valence electrons. The molecular weight excluding hydrogens is 1680 g/mol. The molecule has 0 unspecified atom stereocenters. The van der Waals surface area contributed by atoms with Crippen LogP contribution < -0.4 is 47.3 Å². The Balaban J connectivity index is 0.000000197. The van der Waals surface area contributed by atoms with Gasteiger partial charge in [0.25, 0.3) is 0 Å². The fourth-order valence-corrected chi connectivity index (χ4v) is 21.8. The van der Waals surface area contributed by atoms with Crippen LogP contribution in [0.2, 0.25) is 0 Å². The zero-order valence-electron chi connectivity index (χ0n) is 75.9. The maximum Gasteiger partial charge on any atom is 0.307 e. The number of benzene rings is 4. The third kappa shape index (κ3) is 20.3. The first-order valence-electron chi connectivity index (χ1n) is 45.2. The van der Waals surface area contributed by atoms with Gasteiger partial charge in [-0.1, -0.05) is 52.0 Å². The standard InChI is InChI=1S/2C49H61N3O11S/c2*1-29-10-8-9-11-33-26-49(33,46(56)51-64(57,58)48(6)16-17-48)27-40(53)39-24-35(28-52(39)45(55)37(30(2)20-29)25-43(54)63-47(3,4)5)62-44-36-14-13-34(59-7)21-32(36)22-38(50-44)31-12-15-41-42(23-31)61-19-18-60-41/h2*9,11-15,21-23,29-30,33,35,37,39H,8,10,16-20,24-28H2,1-7H3,(H,51,56)/b2*11-9-/t29-,30+,33+,35+,37-,39-,49+;29-,30-,33-,35-,37+,39+,49-/m01/s1. The number of ketones is 2. The van der Waals surface area contributed by atoms with Crippen LogP contribution in [0.15, 0.2) is 109 Å². The van der Waals surface area contributed by atoms with Gasteiger partial charge in [-0.2, -0.15) is 0 Å². The zero-order chi connectivity index (χ0) is 91.5. The number of ether oxygens (including phenoxy) is 10. The number of Topliss-reactive ketones (excluding diaryl/α,β-unsaturated/α-hetero) is 2. The number of pyridine rings is 2. The van der Waals surface area contributed by atoms with Gasteiger partial charge >= 0.3 is 11.9 Å². The second-order valence-electron chi connectivity index (χ2n) is 39.9. The maximum absolute atomic E-state index is 15.2. The van der Waals surface area contributed by atoms with Crippen molar-refractivity contribution in [1.29, 1.82) is 0 Å². The molecule has 10 aliphatic rings. The van der Waals surface area contributed by atoms with E-state index in [1.807, 2.05) is 123 Å². The molecule has 128 heavy (non-hydrogen) atoms. The third-order valence-corrected chi connectivity index (χ3v) is 31.8. The van der Waals surface area contributed by atoms with Crippen molar-refractivity contribution in [2.75, 3.05) is 53.7 Å². The first kappa shape index (κ1) is 92.4. The lowest BCUT2D eigenvalue weighted by Gasteiger charge is -2.32. The number of carbonyl (C=O) groups is 8. The Morgan fingerprint density at radius 2 is 0.875 bits per heavy atom. The van der Waals surface area contributed by atoms with Crippen LogP contribution in [-0.4, -0.2) is 182 Å². The van der Waals surface area contributed by atoms with Crippen molar-refractivity contribution in [2.24, 2.45) is 58.2 Å². The number of carbonyl (C=O) groups excluding carboxylic acids is 8. The fourth-order valence-electron chi connectivity index (χ4n) is 19.2. The number of aromatic nitrogens is 2. The molecule has 28 nitrogen and oxygen atoms in total. The Hall–Kier alpha value is -10.4. The van der Waals surface area contributed by atoms with Crippen molar-refractivity contribution in [3.8, 4) is 68.8 Å². The van der Waals surface area contributed by atoms with Gasteiger partial charge in [0.2, 0.25) is 55.4 Å². The van der Waals surface area contributed by atoms with Crippen molar-refractivity contribution in [3.63, 3.8) is 0 Å². The summed E-state index contributed by atoms with van der Waals surface area (Å²) in [7, 11) is -4.79. The molecule has 4 aliphatic carbocycles. The SMILES string of the molecule is COc1ccc2c(O[C@@H]3C[C@H]4C(=O)C[C@]5(C(=O)NS(=O)(=O)C6(C)CC6)C[C@H]5/C=C\CC[C@@H](C)C[C@@H](C)[C@H](CC(=O)OC(C)(C)C)C(=O)N4C3)nc(-c3ccc4c(c3)OCCO4)cc2c1.COc1ccc2c(O[C@@H]3C[C@H]4C(=O)C[C@]5(C(=O)NS(=O)(=O)C6(C)CC6)C[C@H]5/C=C\CC[C@H](C)C[C@@H](C)[C@H](CC(=O)OC(C)(C)C)C(=O)N4C3)nc(-c3ccc4c(c3)OCCO4)cc2c1. The predicted octanol–water partition coefficient (Wildman–Crippen LogP) is 14.7. The Morgan fingerprint density at radius 3 is 1.23 bits per heavy atom. The number of fused-ring (bicyclic) bond motifs is 8. The molecule has 0 spiro atoms. The molecule has 6 aromatic rings. The van der Waals surface area contributed by atoms with Crippen molar-refractivity contribution < 1.29 is 103 Å². The van der Waals surface area contributed by atoms with Gasteiger partial charge in [0.1, 0.15) is 61.3 Å². The summed E-state index contributed by atoms with van der Waals surface area (Å²) in [6.45, 7) is 23.9. The van der Waals surface area contributed by atoms with E-state index in [2.05, 4.69) is 23.3 Å². The summed E-state index contributed by atoms with van der Waals surface area (Å²) in [6, 6.07) is 24.1. The predicted molar refractivity (Wildman–Crippen MR) is 479 cm³/mol. The number of rotatable bonds is 18. The van der Waals surface area contributed by atoms with E-state index >= 15 is 9.59 Å². The fraction of sp³-hybridized carbons (Fsp3) is 0.571. The topological polar surface area (TPSA) is 353 Å². The van der Waals surface area contributed by atoms with Crippen LogP contribution >= 0.6 is 0 Å². The van der Waals surface area contributed by atoms with Crippen LogP contribution in [0.25, 0.3) is 44.1 Å². The number of hydrogen-bond acceptors (Lipinski definition) is 24. The lowest BCUT2D eigenvalue weighted by molar-refractivity contribution is -0.160. The number of allylic oxidation sites excluding steroid dienone is 4. The van der Waals surface area contributed by atoms with Gasteiger partial charge in [-0.15, -0.1) is 0 Å². The first-order valence-corrected chi connectivity index (χ1v) is 48.2. The average molecular weight is 1800 g/mol. The second-order valence-corrected chi connectivity index (χ2v) is 44.3. The molecule has 6 fully saturated rings. The highest BCUT2D eigenvalue weighted by Gasteiger charge is 2.65. The molecule has 2 aromatic heterocycles. The minimum absolute atomic E-state index is 0.00513. The number of hydrogen-bond donors (Lipinski definition) is 2. The monoisotopic (exact) mass is 1800 g/mol. The van der Waals surface area contributed by atoms with Crippen LogP contribution in [0.3, 0.4) is 0 Å². The third-order valence-electron chi connectivity index (χ3n) is 27.4. The Morgan fingerprint density at radius 1 is 0.500 bits per heavy atom. The normalized spacial score (nSPS) is 28.5. The molecule has 30 heteroatoms. The lowest BCUT2D eigenvalue weighted by Crippen LogP contribution is -2.48. The van der Waals surface area contributed by atoms with E-state index < -0.39 is 111 Å². The molecule has 0 bridgehead atoms. The van der Waals surface area contributed by atoms with Crippen molar-refractivity contribution in [3.05, 3.63) is 109 Å². The van der Waals surface area contributed by atoms with E-state index in [4.69, 9.17) is 57.3 Å². The largest absolute Gasteiger partial charge is 0.497 e. The van der Waals surface area contributed by atoms with Crippen LogP contribution in [0.5, 0.6) is 46.3 Å². The minimum Gasteiger partial charge on any atom is -0.497 e. The van der Waals surface area contributed by atoms with Gasteiger partial charge in [-0.25, -0.2) is 26.8 Å². The number of esters is 2. The van der Waals surface area contributed by atoms with Crippen LogP contribution in [-0.2, 0) is 67.9 Å². The van der Waals surface area contributed by atoms with E-state index in [0.29, 0.717) is 147 Å². The molecule has 4 amide bonds. The average Bonchev–Trinajstić information content (AvgIpc) is 1.57. The lowest BCUT2D eigenvalue weighted by atomic mass is 9.82. The summed E-state index contributed by atoms with van der Waals surface area (Å²) in [5, 5.41) is 2.93. The molecular formula is C98H122N6O22S2. The molecule has 2 N–H and O–H groups in total. The molecule has 4 aromatic carbocycles. The summed E-state index contributed by atoms with van der Waals surface area (Å²) in [4.78, 5) is 129. The van der Waals surface area contributed by atoms with Gasteiger partial charge in [0.05, 0.1) is 95.8 Å². The molecule has 16 rings (SSSR count). The quantitative estimate of drug-likeness (QED) is 0.0596. The molecule has 8 heterocycles. The summed E-state index contributed by atoms with van der Waals surface area (Å²) in [5.41, 5.74) is -1.47. The van der Waals surface area contributed by atoms with Crippen molar-refractivity contribution >= 4 is 88.7 Å². The highest BCUT2D eigenvalue weighted by atomic mass is 32.2. The van der Waals surface area contributed by atoms with Crippen LogP contribution in [0, 0.1) is 58.2 Å². The van der Waals surface area contributed by atoms with E-state index in [0.717, 1.165) is 34.7 Å². The van der Waals surface area contributed by atoms with Gasteiger partial charge in [-0.05, 0) is 264 Å². The van der Waals surface area contributed by atoms with Crippen LogP contribution in [0.1, 0.15) is 199 Å². The summed E-state index contributed by atoms with van der Waals surface area (Å²) in [6.07, 6.45) is 12.4. The van der Waals surface area contributed by atoms with Crippen LogP contribution in [0.4, 0.5) is 0 Å². The van der Waals surface area contributed by atoms with E-state index in [-0.39, 0.29) is 122 Å². The highest BCUT2D eigenvalue weighted by Crippen LogP contribution is 2.60. The molecule has 2 saturated heterocycles. The summed E-state index contributed by atoms with van der Waals surface area (Å²) < 4.78 is 116. The van der Waals surface area contributed by atoms with E-state index in [9.17, 15) is 45.6 Å². The molecule has 6 aliphatic heterocycles. The molecule has 4 saturated carbocycles. The van der Waals surface area contributed by atoms with Gasteiger partial charge in [0.15, 0.2) is 34.6 Å². The Labute approximate surface area is 749 Å². The minimum atomic E-state index is -3.99. The first-order chi connectivity index (χ1) is 60.6. The number of sulfonamides is 2. The number of amides is 4.